The van der Waals surface area contributed by atoms with E-state index in [-0.39, 0.29) is 5.91 Å². The molecule has 7 heteroatoms. The predicted molar refractivity (Wildman–Crippen MR) is 117 cm³/mol. The third kappa shape index (κ3) is 4.03. The summed E-state index contributed by atoms with van der Waals surface area (Å²) in [5.41, 5.74) is 3.20. The largest absolute Gasteiger partial charge is 0.362 e. The molecule has 4 rings (SSSR count). The van der Waals surface area contributed by atoms with E-state index in [1.54, 1.807) is 18.0 Å². The Labute approximate surface area is 174 Å². The molecule has 0 spiro atoms. The van der Waals surface area contributed by atoms with Crippen LogP contribution in [0.3, 0.4) is 0 Å². The van der Waals surface area contributed by atoms with Crippen LogP contribution in [-0.2, 0) is 4.79 Å². The van der Waals surface area contributed by atoms with E-state index in [1.807, 2.05) is 42.5 Å². The van der Waals surface area contributed by atoms with Gasteiger partial charge in [-0.2, -0.15) is 0 Å². The van der Waals surface area contributed by atoms with E-state index in [0.29, 0.717) is 21.8 Å². The Morgan fingerprint density at radius 1 is 1.25 bits per heavy atom. The summed E-state index contributed by atoms with van der Waals surface area (Å²) in [4.78, 5) is 19.5. The maximum absolute atomic E-state index is 13.1. The molecular formula is C21H21ClN4OS. The summed E-state index contributed by atoms with van der Waals surface area (Å²) in [6.07, 6.45) is 1.64. The van der Waals surface area contributed by atoms with Crippen LogP contribution >= 0.6 is 23.8 Å². The van der Waals surface area contributed by atoms with Crippen LogP contribution in [-0.4, -0.2) is 36.5 Å². The van der Waals surface area contributed by atoms with Gasteiger partial charge in [0.05, 0.1) is 11.4 Å². The van der Waals surface area contributed by atoms with E-state index in [0.717, 1.165) is 23.4 Å². The molecule has 2 N–H and O–H groups in total. The van der Waals surface area contributed by atoms with Crippen LogP contribution < -0.4 is 15.5 Å². The van der Waals surface area contributed by atoms with E-state index in [1.165, 1.54) is 12.8 Å². The third-order valence-electron chi connectivity index (χ3n) is 4.96. The van der Waals surface area contributed by atoms with Gasteiger partial charge in [0.15, 0.2) is 5.11 Å². The molecule has 0 aromatic heterocycles. The summed E-state index contributed by atoms with van der Waals surface area (Å²) in [7, 11) is 1.74. The number of likely N-dealkylation sites (N-methyl/N-ethyl adjacent to an activating group) is 1. The number of rotatable bonds is 4. The molecule has 0 saturated heterocycles. The van der Waals surface area contributed by atoms with Gasteiger partial charge < -0.3 is 15.5 Å². The Morgan fingerprint density at radius 3 is 2.71 bits per heavy atom. The summed E-state index contributed by atoms with van der Waals surface area (Å²) in [6.45, 7) is 0.827. The van der Waals surface area contributed by atoms with Crippen LogP contribution in [0.1, 0.15) is 24.0 Å². The molecule has 1 fully saturated rings. The topological polar surface area (TPSA) is 56.7 Å². The summed E-state index contributed by atoms with van der Waals surface area (Å²) >= 11 is 11.7. The van der Waals surface area contributed by atoms with Crippen LogP contribution in [0.5, 0.6) is 0 Å². The molecule has 2 aromatic carbocycles. The molecule has 1 amide bonds. The molecule has 1 heterocycles. The molecule has 1 aliphatic heterocycles. The van der Waals surface area contributed by atoms with Crippen molar-refractivity contribution in [2.75, 3.05) is 18.5 Å². The van der Waals surface area contributed by atoms with E-state index in [2.05, 4.69) is 10.6 Å². The number of thiocarbonyl (C=S) groups is 1. The number of aliphatic imine (C=N–C) groups is 1. The number of nitrogens with zero attached hydrogens (tertiary/aromatic N) is 2. The number of carbonyl (C=O) groups is 1. The van der Waals surface area contributed by atoms with Crippen molar-refractivity contribution in [3.8, 4) is 0 Å². The van der Waals surface area contributed by atoms with Crippen molar-refractivity contribution in [3.63, 3.8) is 0 Å². The highest BCUT2D eigenvalue weighted by molar-refractivity contribution is 7.80. The minimum atomic E-state index is -0.814. The third-order valence-corrected chi connectivity index (χ3v) is 5.46. The number of carbonyl (C=O) groups excluding carboxylic acids is 1. The zero-order valence-corrected chi connectivity index (χ0v) is 17.1. The van der Waals surface area contributed by atoms with Crippen LogP contribution in [0.4, 0.5) is 5.69 Å². The first-order valence-corrected chi connectivity index (χ1v) is 10.1. The maximum Gasteiger partial charge on any atom is 0.272 e. The second-order valence-electron chi connectivity index (χ2n) is 7.10. The number of benzene rings is 2. The highest BCUT2D eigenvalue weighted by Crippen LogP contribution is 2.30. The van der Waals surface area contributed by atoms with Crippen molar-refractivity contribution in [1.29, 1.82) is 0 Å². The lowest BCUT2D eigenvalue weighted by atomic mass is 10.0. The van der Waals surface area contributed by atoms with Gasteiger partial charge in [0.25, 0.3) is 5.91 Å². The van der Waals surface area contributed by atoms with Crippen LogP contribution in [0.25, 0.3) is 0 Å². The van der Waals surface area contributed by atoms with Gasteiger partial charge in [-0.15, -0.1) is 0 Å². The maximum atomic E-state index is 13.1. The second kappa shape index (κ2) is 7.89. The normalized spacial score (nSPS) is 18.8. The summed E-state index contributed by atoms with van der Waals surface area (Å²) in [5, 5.41) is 7.31. The molecule has 5 nitrogen and oxygen atoms in total. The molecule has 2 aromatic rings. The minimum absolute atomic E-state index is 0.176. The summed E-state index contributed by atoms with van der Waals surface area (Å²) in [5.74, 6) is 0.507. The zero-order chi connectivity index (χ0) is 19.7. The number of benzodiazepines with no additional fused rings is 1. The zero-order valence-electron chi connectivity index (χ0n) is 15.5. The van der Waals surface area contributed by atoms with E-state index >= 15 is 0 Å². The van der Waals surface area contributed by atoms with Gasteiger partial charge in [-0.3, -0.25) is 4.79 Å². The van der Waals surface area contributed by atoms with E-state index in [4.69, 9.17) is 28.8 Å². The van der Waals surface area contributed by atoms with Gasteiger partial charge in [0.1, 0.15) is 0 Å². The smallest absolute Gasteiger partial charge is 0.272 e. The number of halogens is 1. The van der Waals surface area contributed by atoms with Crippen molar-refractivity contribution >= 4 is 46.2 Å². The first-order chi connectivity index (χ1) is 13.5. The highest BCUT2D eigenvalue weighted by Gasteiger charge is 2.31. The number of fused-ring (bicyclic) bond motifs is 1. The standard InChI is InChI=1S/C21H21ClN4OS/c1-26-17-10-9-15(22)11-16(17)18(14-5-3-2-4-6-14)24-19(20(26)27)25-21(28)23-12-13-7-8-13/h2-6,9-11,13,19H,7-8,12H2,1H3,(H2,23,25,28). The first-order valence-electron chi connectivity index (χ1n) is 9.28. The van der Waals surface area contributed by atoms with Crippen LogP contribution in [0.15, 0.2) is 53.5 Å². The molecule has 144 valence electrons. The van der Waals surface area contributed by atoms with Gasteiger partial charge in [0.2, 0.25) is 6.17 Å². The van der Waals surface area contributed by atoms with Crippen LogP contribution in [0, 0.1) is 5.92 Å². The van der Waals surface area contributed by atoms with E-state index < -0.39 is 6.17 Å². The molecule has 2 aliphatic rings. The second-order valence-corrected chi connectivity index (χ2v) is 7.95. The fourth-order valence-electron chi connectivity index (χ4n) is 3.20. The van der Waals surface area contributed by atoms with E-state index in [9.17, 15) is 4.79 Å². The molecule has 0 radical (unpaired) electrons. The molecular weight excluding hydrogens is 392 g/mol. The number of amides is 1. The van der Waals surface area contributed by atoms with Crippen molar-refractivity contribution in [3.05, 3.63) is 64.7 Å². The molecule has 1 atom stereocenters. The molecule has 1 unspecified atom stereocenters. The lowest BCUT2D eigenvalue weighted by Crippen LogP contribution is -2.49. The van der Waals surface area contributed by atoms with Crippen molar-refractivity contribution in [2.45, 2.75) is 19.0 Å². The first kappa shape index (κ1) is 18.9. The highest BCUT2D eigenvalue weighted by atomic mass is 35.5. The monoisotopic (exact) mass is 412 g/mol. The Morgan fingerprint density at radius 2 is 2.00 bits per heavy atom. The Kier molecular flexibility index (Phi) is 5.33. The van der Waals surface area contributed by atoms with Crippen molar-refractivity contribution in [2.24, 2.45) is 10.9 Å². The quantitative estimate of drug-likeness (QED) is 0.756. The average Bonchev–Trinajstić information content (AvgIpc) is 3.53. The number of hydrogen-bond acceptors (Lipinski definition) is 3. The SMILES string of the molecule is CN1C(=O)C(NC(=S)NCC2CC2)N=C(c2ccccc2)c2cc(Cl)ccc21. The lowest BCUT2D eigenvalue weighted by Gasteiger charge is -2.22. The Bertz CT molecular complexity index is 943. The number of nitrogens with one attached hydrogen (secondary N) is 2. The fraction of sp³-hybridized carbons (Fsp3) is 0.286. The number of anilines is 1. The number of hydrogen-bond donors (Lipinski definition) is 2. The Balaban J connectivity index is 1.72. The van der Waals surface area contributed by atoms with Gasteiger partial charge >= 0.3 is 0 Å². The average molecular weight is 413 g/mol. The van der Waals surface area contributed by atoms with Gasteiger partial charge in [-0.1, -0.05) is 41.9 Å². The minimum Gasteiger partial charge on any atom is -0.362 e. The lowest BCUT2D eigenvalue weighted by molar-refractivity contribution is -0.119. The molecule has 1 aliphatic carbocycles. The summed E-state index contributed by atoms with van der Waals surface area (Å²) in [6, 6.07) is 15.3. The molecule has 0 bridgehead atoms. The van der Waals surface area contributed by atoms with Crippen molar-refractivity contribution < 1.29 is 4.79 Å². The van der Waals surface area contributed by atoms with Crippen molar-refractivity contribution in [1.82, 2.24) is 10.6 Å². The summed E-state index contributed by atoms with van der Waals surface area (Å²) < 4.78 is 0. The molecule has 1 saturated carbocycles. The van der Waals surface area contributed by atoms with Gasteiger partial charge in [0, 0.05) is 29.7 Å². The molecule has 28 heavy (non-hydrogen) atoms. The van der Waals surface area contributed by atoms with Gasteiger partial charge in [-0.25, -0.2) is 4.99 Å². The van der Waals surface area contributed by atoms with Crippen LogP contribution in [0.2, 0.25) is 5.02 Å². The Hall–Kier alpha value is -2.44. The van der Waals surface area contributed by atoms with Gasteiger partial charge in [-0.05, 0) is 49.2 Å². The fourth-order valence-corrected chi connectivity index (χ4v) is 3.57. The predicted octanol–water partition coefficient (Wildman–Crippen LogP) is 3.35.